The van der Waals surface area contributed by atoms with E-state index in [-0.39, 0.29) is 12.1 Å². The summed E-state index contributed by atoms with van der Waals surface area (Å²) in [7, 11) is 0. The summed E-state index contributed by atoms with van der Waals surface area (Å²) in [4.78, 5) is 17.9. The average Bonchev–Trinajstić information content (AvgIpc) is 3.09. The summed E-state index contributed by atoms with van der Waals surface area (Å²) in [6, 6.07) is 4.01. The topological polar surface area (TPSA) is 101 Å². The molecule has 8 nitrogen and oxygen atoms in total. The number of pyridine rings is 1. The summed E-state index contributed by atoms with van der Waals surface area (Å²) in [6.45, 7) is 8.54. The van der Waals surface area contributed by atoms with Gasteiger partial charge in [0.05, 0.1) is 18.5 Å². The molecule has 2 atom stereocenters. The van der Waals surface area contributed by atoms with Crippen LogP contribution >= 0.6 is 0 Å². The lowest BCUT2D eigenvalue weighted by Crippen LogP contribution is -2.31. The molecule has 144 valence electrons. The van der Waals surface area contributed by atoms with Gasteiger partial charge in [-0.2, -0.15) is 9.97 Å². The van der Waals surface area contributed by atoms with Gasteiger partial charge in [-0.1, -0.05) is 13.0 Å². The van der Waals surface area contributed by atoms with Crippen LogP contribution in [0, 0.1) is 0 Å². The predicted molar refractivity (Wildman–Crippen MR) is 107 cm³/mol. The van der Waals surface area contributed by atoms with E-state index in [1.807, 2.05) is 29.8 Å². The van der Waals surface area contributed by atoms with E-state index >= 15 is 0 Å². The maximum Gasteiger partial charge on any atom is 0.227 e. The lowest BCUT2D eigenvalue weighted by Gasteiger charge is -2.20. The summed E-state index contributed by atoms with van der Waals surface area (Å²) in [5.41, 5.74) is 2.54. The van der Waals surface area contributed by atoms with Crippen molar-refractivity contribution in [1.29, 1.82) is 0 Å². The van der Waals surface area contributed by atoms with Crippen LogP contribution in [-0.2, 0) is 6.54 Å². The van der Waals surface area contributed by atoms with Crippen molar-refractivity contribution in [3.05, 3.63) is 36.4 Å². The molecule has 8 heteroatoms. The zero-order valence-corrected chi connectivity index (χ0v) is 16.2. The van der Waals surface area contributed by atoms with Gasteiger partial charge in [0.25, 0.3) is 0 Å². The molecule has 0 fully saturated rings. The smallest absolute Gasteiger partial charge is 0.227 e. The Balaban J connectivity index is 1.96. The Morgan fingerprint density at radius 3 is 2.67 bits per heavy atom. The molecule has 27 heavy (non-hydrogen) atoms. The van der Waals surface area contributed by atoms with Crippen molar-refractivity contribution in [3.8, 4) is 0 Å². The van der Waals surface area contributed by atoms with Crippen LogP contribution < -0.4 is 10.6 Å². The fourth-order valence-corrected chi connectivity index (χ4v) is 2.90. The number of hydrogen-bond acceptors (Lipinski definition) is 7. The largest absolute Gasteiger partial charge is 0.391 e. The molecule has 0 aliphatic heterocycles. The van der Waals surface area contributed by atoms with E-state index in [0.29, 0.717) is 18.3 Å². The van der Waals surface area contributed by atoms with E-state index in [0.717, 1.165) is 23.1 Å². The first-order valence-electron chi connectivity index (χ1n) is 9.31. The van der Waals surface area contributed by atoms with Crippen LogP contribution in [-0.4, -0.2) is 41.8 Å². The highest BCUT2D eigenvalue weighted by atomic mass is 16.3. The lowest BCUT2D eigenvalue weighted by molar-refractivity contribution is 0.169. The molecule has 0 aliphatic rings. The van der Waals surface area contributed by atoms with Gasteiger partial charge in [0.1, 0.15) is 0 Å². The second kappa shape index (κ2) is 8.30. The number of nitrogens with zero attached hydrogens (tertiary/aromatic N) is 5. The fourth-order valence-electron chi connectivity index (χ4n) is 2.90. The van der Waals surface area contributed by atoms with Crippen LogP contribution in [0.15, 0.2) is 30.9 Å². The highest BCUT2D eigenvalue weighted by molar-refractivity contribution is 5.84. The molecular formula is C19H27N7O. The van der Waals surface area contributed by atoms with Crippen LogP contribution in [0.4, 0.5) is 11.8 Å². The second-order valence-corrected chi connectivity index (χ2v) is 6.93. The van der Waals surface area contributed by atoms with Gasteiger partial charge in [-0.25, -0.2) is 4.98 Å². The van der Waals surface area contributed by atoms with Gasteiger partial charge in [-0.3, -0.25) is 4.98 Å². The van der Waals surface area contributed by atoms with Crippen molar-refractivity contribution in [2.24, 2.45) is 0 Å². The molecule has 3 rings (SSSR count). The molecule has 3 aromatic heterocycles. The van der Waals surface area contributed by atoms with Crippen LogP contribution in [0.2, 0.25) is 0 Å². The van der Waals surface area contributed by atoms with E-state index in [9.17, 15) is 5.11 Å². The van der Waals surface area contributed by atoms with Gasteiger partial charge in [0, 0.05) is 25.0 Å². The Morgan fingerprint density at radius 1 is 1.22 bits per heavy atom. The fraction of sp³-hybridized carbons (Fsp3) is 0.474. The van der Waals surface area contributed by atoms with E-state index in [1.165, 1.54) is 0 Å². The number of anilines is 2. The SMILES string of the molecule is CC[C@@H](Nc1nc(NCc2cccnc2)c2ncn(C(C)C)c2n1)C(C)O. The number of fused-ring (bicyclic) bond motifs is 1. The minimum absolute atomic E-state index is 0.121. The maximum atomic E-state index is 9.95. The molecule has 0 aromatic carbocycles. The van der Waals surface area contributed by atoms with E-state index < -0.39 is 6.10 Å². The van der Waals surface area contributed by atoms with Gasteiger partial charge < -0.3 is 20.3 Å². The quantitative estimate of drug-likeness (QED) is 0.561. The summed E-state index contributed by atoms with van der Waals surface area (Å²) in [5.74, 6) is 1.14. The highest BCUT2D eigenvalue weighted by Gasteiger charge is 2.18. The molecule has 0 saturated carbocycles. The van der Waals surface area contributed by atoms with Gasteiger partial charge in [-0.15, -0.1) is 0 Å². The third-order valence-corrected chi connectivity index (χ3v) is 4.50. The standard InChI is InChI=1S/C19H27N7O/c1-5-15(13(4)27)23-19-24-17(21-10-14-7-6-8-20-9-14)16-18(25-19)26(11-22-16)12(2)3/h6-9,11-13,15,27H,5,10H2,1-4H3,(H2,21,23,24,25)/t13?,15-/m1/s1. The van der Waals surface area contributed by atoms with Crippen LogP contribution in [0.25, 0.3) is 11.2 Å². The Morgan fingerprint density at radius 2 is 2.04 bits per heavy atom. The number of aromatic nitrogens is 5. The molecule has 0 spiro atoms. The first-order chi connectivity index (χ1) is 13.0. The van der Waals surface area contributed by atoms with Gasteiger partial charge in [0.15, 0.2) is 17.0 Å². The maximum absolute atomic E-state index is 9.95. The van der Waals surface area contributed by atoms with Crippen molar-refractivity contribution < 1.29 is 5.11 Å². The Hall–Kier alpha value is -2.74. The summed E-state index contributed by atoms with van der Waals surface area (Å²) < 4.78 is 2.01. The minimum atomic E-state index is -0.504. The van der Waals surface area contributed by atoms with E-state index in [1.54, 1.807) is 19.4 Å². The Labute approximate surface area is 159 Å². The summed E-state index contributed by atoms with van der Waals surface area (Å²) in [5, 5.41) is 16.5. The van der Waals surface area contributed by atoms with Crippen LogP contribution in [0.3, 0.4) is 0 Å². The predicted octanol–water partition coefficient (Wildman–Crippen LogP) is 2.99. The van der Waals surface area contributed by atoms with Crippen molar-refractivity contribution in [2.45, 2.75) is 58.8 Å². The third kappa shape index (κ3) is 4.33. The average molecular weight is 369 g/mol. The normalized spacial score (nSPS) is 13.7. The highest BCUT2D eigenvalue weighted by Crippen LogP contribution is 2.24. The van der Waals surface area contributed by atoms with Crippen molar-refractivity contribution in [2.75, 3.05) is 10.6 Å². The molecular weight excluding hydrogens is 342 g/mol. The number of rotatable bonds is 8. The zero-order valence-electron chi connectivity index (χ0n) is 16.2. The molecule has 3 N–H and O–H groups in total. The lowest BCUT2D eigenvalue weighted by atomic mass is 10.1. The Kier molecular flexibility index (Phi) is 5.85. The molecule has 0 radical (unpaired) electrons. The zero-order chi connectivity index (χ0) is 19.4. The molecule has 3 heterocycles. The number of aliphatic hydroxyl groups is 1. The van der Waals surface area contributed by atoms with Gasteiger partial charge in [0.2, 0.25) is 5.95 Å². The summed E-state index contributed by atoms with van der Waals surface area (Å²) in [6.07, 6.45) is 5.61. The Bertz CT molecular complexity index is 876. The molecule has 0 amide bonds. The number of hydrogen-bond donors (Lipinski definition) is 3. The molecule has 0 saturated heterocycles. The molecule has 0 bridgehead atoms. The summed E-state index contributed by atoms with van der Waals surface area (Å²) >= 11 is 0. The minimum Gasteiger partial charge on any atom is -0.391 e. The van der Waals surface area contributed by atoms with E-state index in [2.05, 4.69) is 44.4 Å². The first-order valence-corrected chi connectivity index (χ1v) is 9.31. The van der Waals surface area contributed by atoms with Crippen LogP contribution in [0.1, 0.15) is 45.7 Å². The van der Waals surface area contributed by atoms with Crippen molar-refractivity contribution >= 4 is 22.9 Å². The van der Waals surface area contributed by atoms with Gasteiger partial charge >= 0.3 is 0 Å². The molecule has 1 unspecified atom stereocenters. The van der Waals surface area contributed by atoms with Gasteiger partial charge in [-0.05, 0) is 38.8 Å². The number of aliphatic hydroxyl groups excluding tert-OH is 1. The monoisotopic (exact) mass is 369 g/mol. The van der Waals surface area contributed by atoms with Crippen molar-refractivity contribution in [1.82, 2.24) is 24.5 Å². The number of imidazole rings is 1. The second-order valence-electron chi connectivity index (χ2n) is 6.93. The van der Waals surface area contributed by atoms with Crippen molar-refractivity contribution in [3.63, 3.8) is 0 Å². The third-order valence-electron chi connectivity index (χ3n) is 4.50. The first kappa shape index (κ1) is 19.0. The number of nitrogens with one attached hydrogen (secondary N) is 2. The van der Waals surface area contributed by atoms with Crippen LogP contribution in [0.5, 0.6) is 0 Å². The molecule has 3 aromatic rings. The molecule has 0 aliphatic carbocycles. The van der Waals surface area contributed by atoms with E-state index in [4.69, 9.17) is 0 Å².